The summed E-state index contributed by atoms with van der Waals surface area (Å²) in [5.74, 6) is -0.429. The minimum atomic E-state index is -0.774. The van der Waals surface area contributed by atoms with E-state index in [0.717, 1.165) is 0 Å². The topological polar surface area (TPSA) is 69.7 Å². The Labute approximate surface area is 153 Å². The average Bonchev–Trinajstić information content (AvgIpc) is 2.39. The first-order valence-corrected chi connectivity index (χ1v) is 8.86. The molecule has 0 aliphatic carbocycles. The fourth-order valence-electron chi connectivity index (χ4n) is 2.48. The third-order valence-corrected chi connectivity index (χ3v) is 3.74. The molecule has 0 aromatic rings. The molecule has 1 atom stereocenters. The Morgan fingerprint density at radius 1 is 0.960 bits per heavy atom. The Morgan fingerprint density at radius 2 is 1.48 bits per heavy atom. The minimum Gasteiger partial charge on any atom is -0.353 e. The summed E-state index contributed by atoms with van der Waals surface area (Å²) in [7, 11) is 5.45. The van der Waals surface area contributed by atoms with Gasteiger partial charge in [0.15, 0.2) is 0 Å². The van der Waals surface area contributed by atoms with Crippen molar-refractivity contribution in [2.45, 2.75) is 60.4 Å². The van der Waals surface area contributed by atoms with Crippen LogP contribution in [0.3, 0.4) is 0 Å². The van der Waals surface area contributed by atoms with Crippen molar-refractivity contribution in [3.05, 3.63) is 0 Å². The number of likely N-dealkylation sites (N-methyl/N-ethyl adjacent to an activating group) is 2. The molecule has 0 saturated heterocycles. The second kappa shape index (κ2) is 9.32. The zero-order valence-corrected chi connectivity index (χ0v) is 17.5. The van der Waals surface area contributed by atoms with Crippen LogP contribution in [-0.4, -0.2) is 67.7 Å². The monoisotopic (exact) mass is 355 g/mol. The summed E-state index contributed by atoms with van der Waals surface area (Å²) in [6.45, 7) is 12.6. The van der Waals surface area contributed by atoms with Gasteiger partial charge in [-0.1, -0.05) is 41.5 Å². The van der Waals surface area contributed by atoms with Gasteiger partial charge in [0.05, 0.1) is 0 Å². The molecule has 0 aliphatic rings. The predicted molar refractivity (Wildman–Crippen MR) is 101 cm³/mol. The van der Waals surface area contributed by atoms with Crippen molar-refractivity contribution in [1.82, 2.24) is 15.1 Å². The highest BCUT2D eigenvalue weighted by atomic mass is 16.2. The van der Waals surface area contributed by atoms with Crippen molar-refractivity contribution in [2.75, 3.05) is 34.2 Å². The lowest BCUT2D eigenvalue weighted by molar-refractivity contribution is -0.146. The Bertz CT molecular complexity index is 473. The van der Waals surface area contributed by atoms with Crippen LogP contribution in [0.2, 0.25) is 0 Å². The number of nitrogens with zero attached hydrogens (tertiary/aromatic N) is 2. The fraction of sp³-hybridized carbons (Fsp3) is 0.842. The molecule has 0 aromatic heterocycles. The molecule has 0 saturated carbocycles. The lowest BCUT2D eigenvalue weighted by atomic mass is 9.87. The van der Waals surface area contributed by atoms with E-state index in [9.17, 15) is 14.4 Å². The van der Waals surface area contributed by atoms with E-state index < -0.39 is 11.5 Å². The number of carbonyl (C=O) groups excluding carboxylic acids is 3. The molecule has 0 spiro atoms. The highest BCUT2D eigenvalue weighted by molar-refractivity contribution is 5.93. The van der Waals surface area contributed by atoms with Gasteiger partial charge in [-0.3, -0.25) is 14.4 Å². The quantitative estimate of drug-likeness (QED) is 0.722. The van der Waals surface area contributed by atoms with E-state index in [4.69, 9.17) is 0 Å². The van der Waals surface area contributed by atoms with Crippen molar-refractivity contribution < 1.29 is 14.4 Å². The Kier molecular flexibility index (Phi) is 8.79. The van der Waals surface area contributed by atoms with Gasteiger partial charge >= 0.3 is 0 Å². The average molecular weight is 356 g/mol. The second-order valence-corrected chi connectivity index (χ2v) is 9.26. The SMILES string of the molecule is CN(C)CCNC(=O)C(CC(=O)CC(C)(C)C)N(C)C(=O)C(C)(C)C. The van der Waals surface area contributed by atoms with Gasteiger partial charge in [0.1, 0.15) is 11.8 Å². The van der Waals surface area contributed by atoms with Crippen molar-refractivity contribution in [3.63, 3.8) is 0 Å². The van der Waals surface area contributed by atoms with Gasteiger partial charge in [-0.25, -0.2) is 0 Å². The van der Waals surface area contributed by atoms with Gasteiger partial charge in [0, 0.05) is 38.4 Å². The van der Waals surface area contributed by atoms with E-state index in [1.165, 1.54) is 4.90 Å². The van der Waals surface area contributed by atoms with Gasteiger partial charge in [-0.2, -0.15) is 0 Å². The Hall–Kier alpha value is -1.43. The number of carbonyl (C=O) groups is 3. The van der Waals surface area contributed by atoms with E-state index in [0.29, 0.717) is 19.5 Å². The minimum absolute atomic E-state index is 0.00572. The Balaban J connectivity index is 5.19. The molecule has 6 nitrogen and oxygen atoms in total. The van der Waals surface area contributed by atoms with Gasteiger partial charge in [0.25, 0.3) is 0 Å². The molecule has 1 N–H and O–H groups in total. The number of nitrogens with one attached hydrogen (secondary N) is 1. The van der Waals surface area contributed by atoms with Crippen LogP contribution in [0.15, 0.2) is 0 Å². The fourth-order valence-corrected chi connectivity index (χ4v) is 2.48. The maximum atomic E-state index is 12.6. The number of ketones is 1. The zero-order valence-electron chi connectivity index (χ0n) is 17.5. The number of hydrogen-bond acceptors (Lipinski definition) is 4. The molecule has 0 bridgehead atoms. The van der Waals surface area contributed by atoms with Gasteiger partial charge in [-0.15, -0.1) is 0 Å². The van der Waals surface area contributed by atoms with Gasteiger partial charge in [0.2, 0.25) is 11.8 Å². The smallest absolute Gasteiger partial charge is 0.243 e. The number of hydrogen-bond donors (Lipinski definition) is 1. The highest BCUT2D eigenvalue weighted by Crippen LogP contribution is 2.23. The lowest BCUT2D eigenvalue weighted by Gasteiger charge is -2.32. The molecular weight excluding hydrogens is 318 g/mol. The van der Waals surface area contributed by atoms with Gasteiger partial charge in [-0.05, 0) is 19.5 Å². The van der Waals surface area contributed by atoms with E-state index in [1.54, 1.807) is 7.05 Å². The summed E-state index contributed by atoms with van der Waals surface area (Å²) in [6.07, 6.45) is 0.426. The summed E-state index contributed by atoms with van der Waals surface area (Å²) in [6, 6.07) is -0.774. The zero-order chi connectivity index (χ0) is 20.0. The normalized spacial score (nSPS) is 13.5. The van der Waals surface area contributed by atoms with E-state index in [1.807, 2.05) is 60.5 Å². The Morgan fingerprint density at radius 3 is 1.88 bits per heavy atom. The second-order valence-electron chi connectivity index (χ2n) is 9.26. The van der Waals surface area contributed by atoms with Crippen LogP contribution < -0.4 is 5.32 Å². The highest BCUT2D eigenvalue weighted by Gasteiger charge is 2.34. The molecule has 0 aliphatic heterocycles. The molecule has 6 heteroatoms. The van der Waals surface area contributed by atoms with Crippen LogP contribution in [0.4, 0.5) is 0 Å². The molecule has 0 heterocycles. The molecular formula is C19H37N3O3. The summed E-state index contributed by atoms with van der Waals surface area (Å²) in [4.78, 5) is 41.0. The summed E-state index contributed by atoms with van der Waals surface area (Å²) in [5.41, 5.74) is -0.750. The first kappa shape index (κ1) is 23.6. The van der Waals surface area contributed by atoms with Crippen LogP contribution in [0, 0.1) is 10.8 Å². The third kappa shape index (κ3) is 9.58. The maximum Gasteiger partial charge on any atom is 0.243 e. The summed E-state index contributed by atoms with van der Waals surface area (Å²) >= 11 is 0. The standard InChI is InChI=1S/C19H37N3O3/c1-18(2,3)13-14(23)12-15(16(24)20-10-11-21(7)8)22(9)17(25)19(4,5)6/h15H,10-13H2,1-9H3,(H,20,24). The molecule has 1 unspecified atom stereocenters. The molecule has 0 fully saturated rings. The largest absolute Gasteiger partial charge is 0.353 e. The lowest BCUT2D eigenvalue weighted by Crippen LogP contribution is -2.52. The van der Waals surface area contributed by atoms with Crippen molar-refractivity contribution in [1.29, 1.82) is 0 Å². The van der Waals surface area contributed by atoms with E-state index in [2.05, 4.69) is 5.32 Å². The van der Waals surface area contributed by atoms with Crippen molar-refractivity contribution in [2.24, 2.45) is 10.8 Å². The van der Waals surface area contributed by atoms with Crippen molar-refractivity contribution in [3.8, 4) is 0 Å². The van der Waals surface area contributed by atoms with Crippen LogP contribution in [0.25, 0.3) is 0 Å². The third-order valence-electron chi connectivity index (χ3n) is 3.74. The summed E-state index contributed by atoms with van der Waals surface area (Å²) in [5, 5.41) is 2.84. The molecule has 25 heavy (non-hydrogen) atoms. The maximum absolute atomic E-state index is 12.6. The summed E-state index contributed by atoms with van der Waals surface area (Å²) < 4.78 is 0. The number of rotatable bonds is 8. The first-order chi connectivity index (χ1) is 11.1. The van der Waals surface area contributed by atoms with E-state index in [-0.39, 0.29) is 29.4 Å². The number of Topliss-reactive ketones (excluding diaryl/α,β-unsaturated/α-hetero) is 1. The first-order valence-electron chi connectivity index (χ1n) is 8.86. The predicted octanol–water partition coefficient (Wildman–Crippen LogP) is 1.93. The van der Waals surface area contributed by atoms with E-state index >= 15 is 0 Å². The van der Waals surface area contributed by atoms with Crippen molar-refractivity contribution >= 4 is 17.6 Å². The van der Waals surface area contributed by atoms with Crippen LogP contribution in [-0.2, 0) is 14.4 Å². The van der Waals surface area contributed by atoms with Crippen LogP contribution in [0.5, 0.6) is 0 Å². The van der Waals surface area contributed by atoms with Crippen LogP contribution >= 0.6 is 0 Å². The molecule has 146 valence electrons. The molecule has 2 amide bonds. The van der Waals surface area contributed by atoms with Gasteiger partial charge < -0.3 is 15.1 Å². The molecule has 0 radical (unpaired) electrons. The molecule has 0 rings (SSSR count). The number of amides is 2. The van der Waals surface area contributed by atoms with Crippen LogP contribution in [0.1, 0.15) is 54.4 Å². The molecule has 0 aromatic carbocycles.